The lowest BCUT2D eigenvalue weighted by Crippen LogP contribution is -2.26. The highest BCUT2D eigenvalue weighted by Crippen LogP contribution is 2.24. The first-order chi connectivity index (χ1) is 14.2. The van der Waals surface area contributed by atoms with E-state index in [1.807, 2.05) is 32.4 Å². The van der Waals surface area contributed by atoms with Crippen molar-refractivity contribution in [2.45, 2.75) is 51.0 Å². The molecule has 1 N–H and O–H groups in total. The minimum atomic E-state index is -3.36. The van der Waals surface area contributed by atoms with Gasteiger partial charge in [-0.25, -0.2) is 18.1 Å². The molecular formula is C22H28N4O3S. The number of amides is 1. The number of benzene rings is 1. The van der Waals surface area contributed by atoms with Crippen LogP contribution in [0, 0.1) is 0 Å². The third kappa shape index (κ3) is 4.70. The molecule has 0 saturated carbocycles. The lowest BCUT2D eigenvalue weighted by atomic mass is 10.0. The topological polar surface area (TPSA) is 94.0 Å². The Kier molecular flexibility index (Phi) is 6.55. The van der Waals surface area contributed by atoms with E-state index in [0.29, 0.717) is 27.9 Å². The molecule has 30 heavy (non-hydrogen) atoms. The fourth-order valence-electron chi connectivity index (χ4n) is 3.20. The number of hydrogen-bond donors (Lipinski definition) is 1. The van der Waals surface area contributed by atoms with Crippen LogP contribution in [0.3, 0.4) is 0 Å². The van der Waals surface area contributed by atoms with Gasteiger partial charge in [0.15, 0.2) is 15.5 Å². The van der Waals surface area contributed by atoms with E-state index in [2.05, 4.69) is 10.4 Å². The summed E-state index contributed by atoms with van der Waals surface area (Å²) in [5, 5.41) is 7.94. The monoisotopic (exact) mass is 428 g/mol. The predicted octanol–water partition coefficient (Wildman–Crippen LogP) is 3.73. The molecule has 3 aromatic rings. The molecule has 1 aromatic carbocycles. The van der Waals surface area contributed by atoms with Gasteiger partial charge < -0.3 is 5.32 Å². The molecule has 1 amide bonds. The predicted molar refractivity (Wildman–Crippen MR) is 117 cm³/mol. The van der Waals surface area contributed by atoms with E-state index >= 15 is 0 Å². The molecule has 0 bridgehead atoms. The quantitative estimate of drug-likeness (QED) is 0.552. The minimum Gasteiger partial charge on any atom is -0.352 e. The fraction of sp³-hybridized carbons (Fsp3) is 0.409. The van der Waals surface area contributed by atoms with Crippen LogP contribution in [0.5, 0.6) is 0 Å². The first-order valence-corrected chi connectivity index (χ1v) is 11.8. The normalized spacial score (nSPS) is 12.1. The van der Waals surface area contributed by atoms with Crippen molar-refractivity contribution < 1.29 is 13.2 Å². The summed E-state index contributed by atoms with van der Waals surface area (Å²) >= 11 is 0. The van der Waals surface area contributed by atoms with Gasteiger partial charge >= 0.3 is 0 Å². The zero-order valence-electron chi connectivity index (χ0n) is 17.8. The highest BCUT2D eigenvalue weighted by atomic mass is 32.2. The van der Waals surface area contributed by atoms with Crippen LogP contribution in [0.15, 0.2) is 47.5 Å². The molecule has 0 spiro atoms. The Morgan fingerprint density at radius 3 is 2.47 bits per heavy atom. The Labute approximate surface area is 177 Å². The van der Waals surface area contributed by atoms with E-state index < -0.39 is 9.84 Å². The van der Waals surface area contributed by atoms with Gasteiger partial charge in [0.2, 0.25) is 0 Å². The Hall–Kier alpha value is -2.74. The summed E-state index contributed by atoms with van der Waals surface area (Å²) in [4.78, 5) is 17.9. The number of sulfone groups is 1. The minimum absolute atomic E-state index is 0.0222. The molecule has 0 atom stereocenters. The van der Waals surface area contributed by atoms with Gasteiger partial charge in [0.1, 0.15) is 0 Å². The van der Waals surface area contributed by atoms with Crippen LogP contribution in [-0.2, 0) is 9.84 Å². The van der Waals surface area contributed by atoms with Crippen LogP contribution in [0.4, 0.5) is 0 Å². The van der Waals surface area contributed by atoms with Crippen LogP contribution >= 0.6 is 0 Å². The molecule has 2 aromatic heterocycles. The van der Waals surface area contributed by atoms with Crippen molar-refractivity contribution in [3.63, 3.8) is 0 Å². The summed E-state index contributed by atoms with van der Waals surface area (Å²) in [6.45, 7) is 8.36. The summed E-state index contributed by atoms with van der Waals surface area (Å²) in [7, 11) is -3.36. The van der Waals surface area contributed by atoms with Crippen LogP contribution in [0.1, 0.15) is 62.1 Å². The van der Waals surface area contributed by atoms with Crippen molar-refractivity contribution in [2.75, 3.05) is 12.3 Å². The van der Waals surface area contributed by atoms with Gasteiger partial charge in [0, 0.05) is 18.3 Å². The van der Waals surface area contributed by atoms with Crippen molar-refractivity contribution >= 4 is 26.8 Å². The Bertz CT molecular complexity index is 1140. The Morgan fingerprint density at radius 2 is 1.83 bits per heavy atom. The smallest absolute Gasteiger partial charge is 0.252 e. The third-order valence-electron chi connectivity index (χ3n) is 4.89. The van der Waals surface area contributed by atoms with E-state index in [0.717, 1.165) is 5.69 Å². The highest BCUT2D eigenvalue weighted by molar-refractivity contribution is 7.91. The van der Waals surface area contributed by atoms with Crippen LogP contribution in [0.25, 0.3) is 11.0 Å². The summed E-state index contributed by atoms with van der Waals surface area (Å²) in [5.41, 5.74) is 2.02. The summed E-state index contributed by atoms with van der Waals surface area (Å²) in [6, 6.07) is 10.3. The highest BCUT2D eigenvalue weighted by Gasteiger charge is 2.19. The van der Waals surface area contributed by atoms with E-state index in [9.17, 15) is 13.2 Å². The van der Waals surface area contributed by atoms with Gasteiger partial charge in [0.25, 0.3) is 5.91 Å². The molecule has 0 aliphatic carbocycles. The molecule has 0 aliphatic rings. The average molecular weight is 429 g/mol. The molecule has 0 unspecified atom stereocenters. The zero-order valence-corrected chi connectivity index (χ0v) is 18.6. The van der Waals surface area contributed by atoms with Crippen molar-refractivity contribution in [1.29, 1.82) is 0 Å². The van der Waals surface area contributed by atoms with Crippen LogP contribution in [0.2, 0.25) is 0 Å². The Balaban J connectivity index is 1.74. The molecule has 2 heterocycles. The summed E-state index contributed by atoms with van der Waals surface area (Å²) in [5.74, 6) is -0.108. The molecule has 0 fully saturated rings. The molecule has 0 saturated heterocycles. The number of fused-ring (bicyclic) bond motifs is 1. The number of nitrogens with zero attached hydrogens (tertiary/aromatic N) is 3. The van der Waals surface area contributed by atoms with E-state index in [-0.39, 0.29) is 30.2 Å². The summed E-state index contributed by atoms with van der Waals surface area (Å²) < 4.78 is 26.6. The molecule has 8 heteroatoms. The maximum absolute atomic E-state index is 12.9. The summed E-state index contributed by atoms with van der Waals surface area (Å²) in [6.07, 6.45) is 2.00. The fourth-order valence-corrected chi connectivity index (χ4v) is 4.54. The van der Waals surface area contributed by atoms with Gasteiger partial charge in [-0.05, 0) is 44.4 Å². The number of carbonyl (C=O) groups excluding carboxylic acids is 1. The van der Waals surface area contributed by atoms with Crippen LogP contribution < -0.4 is 5.32 Å². The third-order valence-corrected chi connectivity index (χ3v) is 6.71. The van der Waals surface area contributed by atoms with Gasteiger partial charge in [-0.3, -0.25) is 4.79 Å². The number of pyridine rings is 1. The molecular weight excluding hydrogens is 400 g/mol. The van der Waals surface area contributed by atoms with Crippen molar-refractivity contribution in [3.8, 4) is 0 Å². The second-order valence-electron chi connectivity index (χ2n) is 7.91. The van der Waals surface area contributed by atoms with Gasteiger partial charge in [0.05, 0.1) is 27.8 Å². The molecule has 0 aliphatic heterocycles. The SMILES string of the molecule is CC(C)c1cc(C(=O)NCCCS(=O)(=O)c2ccccc2)c2cnn(C(C)C)c2n1. The van der Waals surface area contributed by atoms with Crippen LogP contribution in [-0.4, -0.2) is 41.4 Å². The lowest BCUT2D eigenvalue weighted by Gasteiger charge is -2.12. The standard InChI is InChI=1S/C22H28N4O3S/c1-15(2)20-13-18(19-14-24-26(16(3)4)21(19)25-20)22(27)23-11-8-12-30(28,29)17-9-6-5-7-10-17/h5-7,9-10,13-16H,8,11-12H2,1-4H3,(H,23,27). The largest absolute Gasteiger partial charge is 0.352 e. The number of nitrogens with one attached hydrogen (secondary N) is 1. The van der Waals surface area contributed by atoms with E-state index in [1.165, 1.54) is 0 Å². The Morgan fingerprint density at radius 1 is 1.13 bits per heavy atom. The molecule has 3 rings (SSSR count). The number of carbonyl (C=O) groups is 1. The van der Waals surface area contributed by atoms with Gasteiger partial charge in [-0.15, -0.1) is 0 Å². The first-order valence-electron chi connectivity index (χ1n) is 10.1. The lowest BCUT2D eigenvalue weighted by molar-refractivity contribution is 0.0955. The number of rotatable bonds is 8. The second-order valence-corrected chi connectivity index (χ2v) is 10.0. The van der Waals surface area contributed by atoms with Crippen molar-refractivity contribution in [2.24, 2.45) is 0 Å². The van der Waals surface area contributed by atoms with Crippen molar-refractivity contribution in [3.05, 3.63) is 53.9 Å². The van der Waals surface area contributed by atoms with E-state index in [4.69, 9.17) is 4.98 Å². The molecule has 0 radical (unpaired) electrons. The zero-order chi connectivity index (χ0) is 21.9. The number of hydrogen-bond acceptors (Lipinski definition) is 5. The van der Waals surface area contributed by atoms with Crippen molar-refractivity contribution in [1.82, 2.24) is 20.1 Å². The van der Waals surface area contributed by atoms with Gasteiger partial charge in [-0.2, -0.15) is 5.10 Å². The number of aromatic nitrogens is 3. The molecule has 160 valence electrons. The second kappa shape index (κ2) is 8.95. The average Bonchev–Trinajstić information content (AvgIpc) is 3.15. The molecule has 7 nitrogen and oxygen atoms in total. The van der Waals surface area contributed by atoms with Gasteiger partial charge in [-0.1, -0.05) is 32.0 Å². The maximum atomic E-state index is 12.9. The maximum Gasteiger partial charge on any atom is 0.252 e. The van der Waals surface area contributed by atoms with E-state index in [1.54, 1.807) is 42.6 Å². The first kappa shape index (κ1) is 22.0.